The molecule has 0 spiro atoms. The van der Waals surface area contributed by atoms with Crippen molar-refractivity contribution in [1.29, 1.82) is 0 Å². The van der Waals surface area contributed by atoms with Crippen LogP contribution in [0.4, 0.5) is 4.39 Å². The minimum atomic E-state index is -0.345. The van der Waals surface area contributed by atoms with Gasteiger partial charge in [-0.25, -0.2) is 4.39 Å². The van der Waals surface area contributed by atoms with Gasteiger partial charge in [-0.1, -0.05) is 0 Å². The second kappa shape index (κ2) is 4.45. The molecule has 0 fully saturated rings. The van der Waals surface area contributed by atoms with Crippen molar-refractivity contribution in [3.05, 3.63) is 53.5 Å². The van der Waals surface area contributed by atoms with Crippen LogP contribution in [-0.4, -0.2) is 12.0 Å². The van der Waals surface area contributed by atoms with E-state index in [0.29, 0.717) is 0 Å². The number of hydrogen-bond donors (Lipinski definition) is 1. The van der Waals surface area contributed by atoms with Gasteiger partial charge in [0.1, 0.15) is 11.6 Å². The van der Waals surface area contributed by atoms with Gasteiger partial charge in [-0.15, -0.1) is 0 Å². The van der Waals surface area contributed by atoms with E-state index in [1.54, 1.807) is 19.5 Å². The highest BCUT2D eigenvalue weighted by Gasteiger charge is 2.18. The van der Waals surface area contributed by atoms with Crippen molar-refractivity contribution >= 4 is 0 Å². The van der Waals surface area contributed by atoms with Crippen LogP contribution in [0, 0.1) is 12.7 Å². The molecule has 2 heterocycles. The molecule has 1 atom stereocenters. The highest BCUT2D eigenvalue weighted by molar-refractivity contribution is 5.28. The van der Waals surface area contributed by atoms with Gasteiger partial charge < -0.3 is 9.73 Å². The molecule has 1 N–H and O–H groups in total. The number of furan rings is 1. The van der Waals surface area contributed by atoms with E-state index in [4.69, 9.17) is 4.42 Å². The molecule has 2 aromatic rings. The zero-order chi connectivity index (χ0) is 11.5. The summed E-state index contributed by atoms with van der Waals surface area (Å²) in [5.41, 5.74) is 1.78. The molecule has 3 nitrogen and oxygen atoms in total. The molecule has 0 radical (unpaired) electrons. The van der Waals surface area contributed by atoms with E-state index in [2.05, 4.69) is 10.3 Å². The Labute approximate surface area is 93.3 Å². The van der Waals surface area contributed by atoms with Gasteiger partial charge in [0.2, 0.25) is 0 Å². The Hall–Kier alpha value is -1.68. The Balaban J connectivity index is 2.40. The Bertz CT molecular complexity index is 481. The summed E-state index contributed by atoms with van der Waals surface area (Å²) in [7, 11) is 1.80. The quantitative estimate of drug-likeness (QED) is 0.863. The minimum absolute atomic E-state index is 0.168. The maximum Gasteiger partial charge on any atom is 0.141 e. The zero-order valence-electron chi connectivity index (χ0n) is 9.20. The lowest BCUT2D eigenvalue weighted by molar-refractivity contribution is 0.458. The number of aryl methyl sites for hydroxylation is 1. The van der Waals surface area contributed by atoms with Crippen molar-refractivity contribution in [3.63, 3.8) is 0 Å². The summed E-state index contributed by atoms with van der Waals surface area (Å²) in [5, 5.41) is 3.09. The van der Waals surface area contributed by atoms with Gasteiger partial charge in [0.05, 0.1) is 18.5 Å². The molecule has 0 saturated heterocycles. The molecule has 1 unspecified atom stereocenters. The summed E-state index contributed by atoms with van der Waals surface area (Å²) in [5.74, 6) is 0.442. The van der Waals surface area contributed by atoms with Crippen molar-refractivity contribution < 1.29 is 8.81 Å². The SMILES string of the molecule is CNC(c1cncc(F)c1)c1occc1C. The van der Waals surface area contributed by atoms with Crippen LogP contribution in [0.15, 0.2) is 35.2 Å². The predicted molar refractivity (Wildman–Crippen MR) is 58.5 cm³/mol. The number of nitrogens with zero attached hydrogens (tertiary/aromatic N) is 1. The molecule has 0 amide bonds. The third-order valence-corrected chi connectivity index (χ3v) is 2.51. The van der Waals surface area contributed by atoms with Crippen molar-refractivity contribution in [2.45, 2.75) is 13.0 Å². The lowest BCUT2D eigenvalue weighted by Crippen LogP contribution is -2.18. The second-order valence-corrected chi connectivity index (χ2v) is 3.63. The minimum Gasteiger partial charge on any atom is -0.467 e. The first-order valence-electron chi connectivity index (χ1n) is 5.04. The fourth-order valence-electron chi connectivity index (χ4n) is 1.72. The maximum atomic E-state index is 13.1. The Morgan fingerprint density at radius 2 is 2.25 bits per heavy atom. The van der Waals surface area contributed by atoms with Crippen molar-refractivity contribution in [1.82, 2.24) is 10.3 Å². The Kier molecular flexibility index (Phi) is 3.01. The normalized spacial score (nSPS) is 12.7. The van der Waals surface area contributed by atoms with E-state index in [9.17, 15) is 4.39 Å². The van der Waals surface area contributed by atoms with Gasteiger partial charge in [0.15, 0.2) is 0 Å². The first kappa shape index (κ1) is 10.8. The monoisotopic (exact) mass is 220 g/mol. The van der Waals surface area contributed by atoms with Gasteiger partial charge in [-0.05, 0) is 37.2 Å². The topological polar surface area (TPSA) is 38.1 Å². The van der Waals surface area contributed by atoms with Crippen LogP contribution in [0.3, 0.4) is 0 Å². The van der Waals surface area contributed by atoms with E-state index in [-0.39, 0.29) is 11.9 Å². The molecule has 0 aliphatic heterocycles. The molecule has 0 aliphatic rings. The summed E-state index contributed by atoms with van der Waals surface area (Å²) >= 11 is 0. The Morgan fingerprint density at radius 3 is 2.81 bits per heavy atom. The summed E-state index contributed by atoms with van der Waals surface area (Å²) in [6.07, 6.45) is 4.44. The standard InChI is InChI=1S/C12H13FN2O/c1-8-3-4-16-12(8)11(14-2)9-5-10(13)7-15-6-9/h3-7,11,14H,1-2H3. The van der Waals surface area contributed by atoms with E-state index in [1.165, 1.54) is 12.3 Å². The molecule has 2 rings (SSSR count). The molecule has 84 valence electrons. The third kappa shape index (κ3) is 1.97. The first-order valence-corrected chi connectivity index (χ1v) is 5.04. The van der Waals surface area contributed by atoms with Gasteiger partial charge in [-0.3, -0.25) is 4.98 Å². The lowest BCUT2D eigenvalue weighted by atomic mass is 10.0. The molecule has 2 aromatic heterocycles. The summed E-state index contributed by atoms with van der Waals surface area (Å²) in [6.45, 7) is 1.95. The number of halogens is 1. The van der Waals surface area contributed by atoms with E-state index in [1.807, 2.05) is 13.0 Å². The van der Waals surface area contributed by atoms with E-state index >= 15 is 0 Å². The number of aromatic nitrogens is 1. The van der Waals surface area contributed by atoms with Crippen LogP contribution < -0.4 is 5.32 Å². The average Bonchev–Trinajstić information content (AvgIpc) is 2.67. The number of rotatable bonds is 3. The third-order valence-electron chi connectivity index (χ3n) is 2.51. The van der Waals surface area contributed by atoms with Crippen LogP contribution in [0.2, 0.25) is 0 Å². The summed E-state index contributed by atoms with van der Waals surface area (Å²) in [4.78, 5) is 3.84. The highest BCUT2D eigenvalue weighted by atomic mass is 19.1. The fraction of sp³-hybridized carbons (Fsp3) is 0.250. The fourth-order valence-corrected chi connectivity index (χ4v) is 1.72. The summed E-state index contributed by atoms with van der Waals surface area (Å²) in [6, 6.07) is 3.17. The molecule has 0 saturated carbocycles. The van der Waals surface area contributed by atoms with Crippen LogP contribution in [0.1, 0.15) is 22.9 Å². The largest absolute Gasteiger partial charge is 0.467 e. The highest BCUT2D eigenvalue weighted by Crippen LogP contribution is 2.24. The van der Waals surface area contributed by atoms with Gasteiger partial charge in [0.25, 0.3) is 0 Å². The van der Waals surface area contributed by atoms with Gasteiger partial charge >= 0.3 is 0 Å². The average molecular weight is 220 g/mol. The molecule has 4 heteroatoms. The maximum absolute atomic E-state index is 13.1. The molecule has 16 heavy (non-hydrogen) atoms. The molecule has 0 bridgehead atoms. The Morgan fingerprint density at radius 1 is 1.44 bits per heavy atom. The van der Waals surface area contributed by atoms with Gasteiger partial charge in [-0.2, -0.15) is 0 Å². The zero-order valence-corrected chi connectivity index (χ0v) is 9.20. The predicted octanol–water partition coefficient (Wildman–Crippen LogP) is 2.43. The van der Waals surface area contributed by atoms with E-state index in [0.717, 1.165) is 16.9 Å². The lowest BCUT2D eigenvalue weighted by Gasteiger charge is -2.14. The van der Waals surface area contributed by atoms with Crippen molar-refractivity contribution in [2.24, 2.45) is 0 Å². The van der Waals surface area contributed by atoms with Gasteiger partial charge in [0, 0.05) is 6.20 Å². The second-order valence-electron chi connectivity index (χ2n) is 3.63. The first-order chi connectivity index (χ1) is 7.72. The summed E-state index contributed by atoms with van der Waals surface area (Å²) < 4.78 is 18.5. The molecular formula is C12H13FN2O. The van der Waals surface area contributed by atoms with Crippen molar-refractivity contribution in [3.8, 4) is 0 Å². The van der Waals surface area contributed by atoms with E-state index < -0.39 is 0 Å². The molecule has 0 aromatic carbocycles. The number of hydrogen-bond acceptors (Lipinski definition) is 3. The van der Waals surface area contributed by atoms with Crippen LogP contribution in [0.5, 0.6) is 0 Å². The van der Waals surface area contributed by atoms with Crippen LogP contribution in [-0.2, 0) is 0 Å². The number of pyridine rings is 1. The molecular weight excluding hydrogens is 207 g/mol. The molecule has 0 aliphatic carbocycles. The van der Waals surface area contributed by atoms with Crippen molar-refractivity contribution in [2.75, 3.05) is 7.05 Å². The van der Waals surface area contributed by atoms with Crippen LogP contribution in [0.25, 0.3) is 0 Å². The smallest absolute Gasteiger partial charge is 0.141 e. The van der Waals surface area contributed by atoms with Crippen LogP contribution >= 0.6 is 0 Å². The number of nitrogens with one attached hydrogen (secondary N) is 1.